The fraction of sp³-hybridized carbons (Fsp3) is 0.647. The molecule has 2 unspecified atom stereocenters. The number of nitrogens with one attached hydrogen (secondary N) is 1. The summed E-state index contributed by atoms with van der Waals surface area (Å²) in [5.41, 5.74) is 0.250. The maximum atomic E-state index is 13.5. The monoisotopic (exact) mass is 498 g/mol. The van der Waals surface area contributed by atoms with Crippen LogP contribution in [-0.2, 0) is 18.9 Å². The molecule has 2 aliphatic rings. The molecule has 1 aliphatic carbocycles. The first-order chi connectivity index (χ1) is 14.9. The van der Waals surface area contributed by atoms with Crippen LogP contribution in [0.15, 0.2) is 12.3 Å². The molecule has 1 aliphatic heterocycles. The number of hydrogen-bond donors (Lipinski definition) is 4. The van der Waals surface area contributed by atoms with E-state index in [-0.39, 0.29) is 36.0 Å². The van der Waals surface area contributed by atoms with Crippen molar-refractivity contribution < 1.29 is 42.8 Å². The Bertz CT molecular complexity index is 1040. The molecule has 1 saturated carbocycles. The van der Waals surface area contributed by atoms with Crippen molar-refractivity contribution in [3.05, 3.63) is 17.5 Å². The zero-order chi connectivity index (χ0) is 23.3. The van der Waals surface area contributed by atoms with Crippen LogP contribution in [0.1, 0.15) is 25.5 Å². The predicted molar refractivity (Wildman–Crippen MR) is 107 cm³/mol. The van der Waals surface area contributed by atoms with E-state index in [4.69, 9.17) is 21.2 Å². The van der Waals surface area contributed by atoms with Gasteiger partial charge in [0.2, 0.25) is 11.2 Å². The van der Waals surface area contributed by atoms with Crippen LogP contribution in [-0.4, -0.2) is 73.2 Å². The first-order valence-electron chi connectivity index (χ1n) is 9.75. The predicted octanol–water partition coefficient (Wildman–Crippen LogP) is 2.07. The third-order valence-corrected chi connectivity index (χ3v) is 5.87. The van der Waals surface area contributed by atoms with Gasteiger partial charge in [-0.3, -0.25) is 4.57 Å². The number of aromatic nitrogens is 3. The zero-order valence-corrected chi connectivity index (χ0v) is 18.4. The largest absolute Gasteiger partial charge is 0.387 e. The molecule has 4 rings (SSSR count). The van der Waals surface area contributed by atoms with Crippen molar-refractivity contribution in [1.82, 2.24) is 14.5 Å². The van der Waals surface area contributed by atoms with Crippen molar-refractivity contribution in [3.63, 3.8) is 0 Å². The van der Waals surface area contributed by atoms with Crippen molar-refractivity contribution in [2.24, 2.45) is 0 Å². The van der Waals surface area contributed by atoms with Gasteiger partial charge in [-0.15, -0.1) is 4.67 Å². The van der Waals surface area contributed by atoms with E-state index < -0.39 is 50.7 Å². The Hall–Kier alpha value is -1.44. The van der Waals surface area contributed by atoms with Crippen LogP contribution in [0, 0.1) is 0 Å². The summed E-state index contributed by atoms with van der Waals surface area (Å²) in [6.45, 7) is 0.495. The van der Waals surface area contributed by atoms with E-state index in [9.17, 15) is 23.6 Å². The highest BCUT2D eigenvalue weighted by molar-refractivity contribution is 7.51. The van der Waals surface area contributed by atoms with Gasteiger partial charge in [0.05, 0.1) is 5.39 Å². The second kappa shape index (κ2) is 8.73. The molecule has 0 spiro atoms. The van der Waals surface area contributed by atoms with Gasteiger partial charge in [0.1, 0.15) is 36.4 Å². The Labute approximate surface area is 185 Å². The summed E-state index contributed by atoms with van der Waals surface area (Å²) in [4.78, 5) is 22.0. The Morgan fingerprint density at radius 1 is 1.41 bits per heavy atom. The third kappa shape index (κ3) is 5.05. The van der Waals surface area contributed by atoms with E-state index in [1.807, 2.05) is 0 Å². The number of aliphatic hydroxyl groups excluding tert-OH is 2. The minimum absolute atomic E-state index is 0.146. The number of ether oxygens (including phenoxy) is 1. The number of anilines is 1. The van der Waals surface area contributed by atoms with Crippen LogP contribution < -0.4 is 5.32 Å². The summed E-state index contributed by atoms with van der Waals surface area (Å²) in [6.07, 6.45) is -3.72. The van der Waals surface area contributed by atoms with Crippen LogP contribution in [0.25, 0.3) is 11.0 Å². The SMILES string of the molecule is CP(=O)(O)OOC[C@H]1O[C@@H](n2ccc3c(NC4CCC(F)(F)C4)nc(Cl)nc32)[C@H](O)[C@@H]1O. The lowest BCUT2D eigenvalue weighted by molar-refractivity contribution is -0.238. The Morgan fingerprint density at radius 3 is 2.81 bits per heavy atom. The number of hydrogen-bond acceptors (Lipinski definition) is 9. The van der Waals surface area contributed by atoms with E-state index in [1.165, 1.54) is 10.8 Å². The van der Waals surface area contributed by atoms with E-state index in [1.54, 1.807) is 6.07 Å². The van der Waals surface area contributed by atoms with E-state index in [0.29, 0.717) is 5.39 Å². The van der Waals surface area contributed by atoms with Crippen LogP contribution in [0.4, 0.5) is 14.6 Å². The van der Waals surface area contributed by atoms with Crippen LogP contribution in [0.3, 0.4) is 0 Å². The normalized spacial score (nSPS) is 31.8. The number of alkyl halides is 2. The summed E-state index contributed by atoms with van der Waals surface area (Å²) in [5.74, 6) is -2.47. The van der Waals surface area contributed by atoms with Gasteiger partial charge in [-0.2, -0.15) is 4.98 Å². The van der Waals surface area contributed by atoms with Gasteiger partial charge in [-0.05, 0) is 24.1 Å². The fourth-order valence-electron chi connectivity index (χ4n) is 3.88. The summed E-state index contributed by atoms with van der Waals surface area (Å²) >= 11 is 6.04. The standard InChI is InChI=1S/C17H22ClF2N4O7P/c1-32(27,28)31-29-7-10-11(25)12(26)15(30-10)24-5-3-9-13(22-16(18)23-14(9)24)21-8-2-4-17(19,20)6-8/h3,5,8,10-12,15,25-26H,2,4,6-7H2,1H3,(H,27,28)(H,21,22,23)/t8?,10-,11-,12-,15-/m1/s1. The van der Waals surface area contributed by atoms with Gasteiger partial charge >= 0.3 is 7.60 Å². The zero-order valence-electron chi connectivity index (χ0n) is 16.8. The lowest BCUT2D eigenvalue weighted by atomic mass is 10.1. The number of halogens is 3. The molecule has 11 nitrogen and oxygen atoms in total. The Balaban J connectivity index is 1.54. The molecule has 0 aromatic carbocycles. The maximum absolute atomic E-state index is 13.5. The van der Waals surface area contributed by atoms with Crippen molar-refractivity contribution >= 4 is 36.0 Å². The summed E-state index contributed by atoms with van der Waals surface area (Å²) in [6, 6.07) is 1.12. The molecule has 4 N–H and O–H groups in total. The highest BCUT2D eigenvalue weighted by Gasteiger charge is 2.45. The maximum Gasteiger partial charge on any atom is 0.352 e. The number of fused-ring (bicyclic) bond motifs is 1. The summed E-state index contributed by atoms with van der Waals surface area (Å²) < 4.78 is 49.6. The second-order valence-electron chi connectivity index (χ2n) is 7.95. The van der Waals surface area contributed by atoms with Gasteiger partial charge in [-0.25, -0.2) is 18.7 Å². The van der Waals surface area contributed by atoms with E-state index in [2.05, 4.69) is 24.8 Å². The molecule has 0 radical (unpaired) electrons. The summed E-state index contributed by atoms with van der Waals surface area (Å²) in [5, 5.41) is 24.1. The lowest BCUT2D eigenvalue weighted by Crippen LogP contribution is -2.33. The molecule has 2 aromatic rings. The molecule has 2 fully saturated rings. The van der Waals surface area contributed by atoms with Gasteiger partial charge < -0.3 is 29.7 Å². The fourth-order valence-corrected chi connectivity index (χ4v) is 4.30. The smallest absolute Gasteiger partial charge is 0.352 e. The Morgan fingerprint density at radius 2 is 2.16 bits per heavy atom. The lowest BCUT2D eigenvalue weighted by Gasteiger charge is -2.18. The molecule has 178 valence electrons. The summed E-state index contributed by atoms with van der Waals surface area (Å²) in [7, 11) is -3.90. The topological polar surface area (TPSA) is 148 Å². The highest BCUT2D eigenvalue weighted by atomic mass is 35.5. The molecular weight excluding hydrogens is 477 g/mol. The number of rotatable bonds is 7. The van der Waals surface area contributed by atoms with Crippen molar-refractivity contribution in [3.8, 4) is 0 Å². The quantitative estimate of drug-likeness (QED) is 0.193. The first-order valence-corrected chi connectivity index (χ1v) is 12.2. The van der Waals surface area contributed by atoms with Crippen LogP contribution in [0.5, 0.6) is 0 Å². The highest BCUT2D eigenvalue weighted by Crippen LogP contribution is 2.39. The molecule has 6 atom stereocenters. The number of aliphatic hydroxyl groups is 2. The van der Waals surface area contributed by atoms with Crippen molar-refractivity contribution in [2.75, 3.05) is 18.6 Å². The number of nitrogens with zero attached hydrogens (tertiary/aromatic N) is 3. The molecule has 32 heavy (non-hydrogen) atoms. The molecule has 3 heterocycles. The Kier molecular flexibility index (Phi) is 6.47. The average molecular weight is 499 g/mol. The van der Waals surface area contributed by atoms with E-state index in [0.717, 1.165) is 6.66 Å². The molecule has 1 saturated heterocycles. The first kappa shape index (κ1) is 23.7. The van der Waals surface area contributed by atoms with Crippen LogP contribution >= 0.6 is 19.2 Å². The van der Waals surface area contributed by atoms with Gasteiger partial charge in [-0.1, -0.05) is 0 Å². The third-order valence-electron chi connectivity index (χ3n) is 5.32. The molecule has 2 aromatic heterocycles. The molecule has 0 amide bonds. The molecular formula is C17H22ClF2N4O7P. The second-order valence-corrected chi connectivity index (χ2v) is 10.0. The van der Waals surface area contributed by atoms with E-state index >= 15 is 0 Å². The minimum atomic E-state index is -3.90. The molecule has 0 bridgehead atoms. The minimum Gasteiger partial charge on any atom is -0.387 e. The van der Waals surface area contributed by atoms with Crippen LogP contribution in [0.2, 0.25) is 5.28 Å². The van der Waals surface area contributed by atoms with Gasteiger partial charge in [0, 0.05) is 31.7 Å². The van der Waals surface area contributed by atoms with Crippen molar-refractivity contribution in [1.29, 1.82) is 0 Å². The molecule has 15 heteroatoms. The van der Waals surface area contributed by atoms with Gasteiger partial charge in [0.15, 0.2) is 6.23 Å². The van der Waals surface area contributed by atoms with Crippen molar-refractivity contribution in [2.45, 2.75) is 55.8 Å². The average Bonchev–Trinajstić information content (AvgIpc) is 3.32. The van der Waals surface area contributed by atoms with Gasteiger partial charge in [0.25, 0.3) is 0 Å².